The molecule has 0 heterocycles. The number of nitrogens with two attached hydrogens (primary N) is 1. The molecule has 0 radical (unpaired) electrons. The first kappa shape index (κ1) is 36.7. The Hall–Kier alpha value is -0.160. The van der Waals surface area contributed by atoms with E-state index < -0.39 is 15.2 Å². The van der Waals surface area contributed by atoms with Crippen LogP contribution in [-0.2, 0) is 23.6 Å². The van der Waals surface area contributed by atoms with Crippen LogP contribution in [0.3, 0.4) is 0 Å². The first-order valence-electron chi connectivity index (χ1n) is 7.78. The quantitative estimate of drug-likeness (QED) is 0.169. The average molecular weight is 464 g/mol. The summed E-state index contributed by atoms with van der Waals surface area (Å²) in [6, 6.07) is 0. The van der Waals surface area contributed by atoms with E-state index in [0.29, 0.717) is 13.0 Å². The number of carbonyl (C=O) groups is 2. The molecule has 0 fully saturated rings. The topological polar surface area (TPSA) is 155 Å². The molecule has 0 aliphatic rings. The van der Waals surface area contributed by atoms with E-state index in [1.807, 2.05) is 0 Å². The van der Waals surface area contributed by atoms with Gasteiger partial charge in [0.1, 0.15) is 0 Å². The number of hydrogen-bond acceptors (Lipinski definition) is 6. The molecule has 0 aromatic rings. The van der Waals surface area contributed by atoms with Crippen LogP contribution in [-0.4, -0.2) is 53.7 Å². The van der Waals surface area contributed by atoms with E-state index in [4.69, 9.17) is 20.2 Å². The molecule has 0 spiro atoms. The van der Waals surface area contributed by atoms with Crippen LogP contribution in [0.15, 0.2) is 0 Å². The number of ether oxygens (including phenoxy) is 1. The van der Waals surface area contributed by atoms with Crippen LogP contribution in [0, 0.1) is 0 Å². The summed E-state index contributed by atoms with van der Waals surface area (Å²) in [5, 5.41) is 15.2. The summed E-state index contributed by atoms with van der Waals surface area (Å²) in [4.78, 5) is 20.5. The van der Waals surface area contributed by atoms with Crippen molar-refractivity contribution in [2.24, 2.45) is 5.73 Å². The lowest BCUT2D eigenvalue weighted by Crippen LogP contribution is -3.00. The van der Waals surface area contributed by atoms with Gasteiger partial charge >= 0.3 is 11.9 Å². The maximum Gasteiger partial charge on any atom is 0.305 e. The lowest BCUT2D eigenvalue weighted by molar-refractivity contribution is -0.368. The van der Waals surface area contributed by atoms with E-state index >= 15 is 0 Å². The number of carboxylic acid groups (broad SMARTS) is 1. The molecule has 0 saturated heterocycles. The Bertz CT molecular complexity index is 312. The molecule has 0 amide bonds. The lowest BCUT2D eigenvalue weighted by Gasteiger charge is -1.96. The zero-order valence-electron chi connectivity index (χ0n) is 15.4. The van der Waals surface area contributed by atoms with E-state index in [-0.39, 0.29) is 24.8 Å². The highest BCUT2D eigenvalue weighted by Crippen LogP contribution is 1.98. The van der Waals surface area contributed by atoms with Crippen LogP contribution in [0.4, 0.5) is 0 Å². The summed E-state index contributed by atoms with van der Waals surface area (Å²) in [6.45, 7) is 1.63. The maximum absolute atomic E-state index is 10.5. The number of unbranched alkanes of at least 4 members (excludes halogenated alkanes) is 4. The predicted molar refractivity (Wildman–Crippen MR) is 101 cm³/mol. The average Bonchev–Trinajstić information content (AvgIpc) is 2.57. The van der Waals surface area contributed by atoms with Crippen LogP contribution in [0.1, 0.15) is 51.4 Å². The van der Waals surface area contributed by atoms with Gasteiger partial charge in [-0.15, -0.1) is 0 Å². The first-order valence-corrected chi connectivity index (χ1v) is 10.6. The van der Waals surface area contributed by atoms with Gasteiger partial charge in [-0.2, -0.15) is 0 Å². The Morgan fingerprint density at radius 3 is 1.81 bits per heavy atom. The van der Waals surface area contributed by atoms with Crippen molar-refractivity contribution in [2.75, 3.05) is 27.3 Å². The number of aliphatic hydroxyl groups is 1. The van der Waals surface area contributed by atoms with Crippen LogP contribution in [0.2, 0.25) is 0 Å². The Morgan fingerprint density at radius 1 is 1.04 bits per heavy atom. The number of esters is 1. The SMILES string of the molecule is CO.COC(=O)CCCCC[NH3+].NCCCCCC(=O)O.O=S(Cl)Cl.[Cl-]. The van der Waals surface area contributed by atoms with Crippen LogP contribution < -0.4 is 23.9 Å². The largest absolute Gasteiger partial charge is 1.00 e. The van der Waals surface area contributed by atoms with Gasteiger partial charge in [-0.05, 0) is 38.6 Å². The second-order valence-corrected chi connectivity index (χ2v) is 6.94. The summed E-state index contributed by atoms with van der Waals surface area (Å²) in [5.74, 6) is -0.823. The Balaban J connectivity index is -0.0000000848. The molecule has 0 atom stereocenters. The van der Waals surface area contributed by atoms with E-state index in [1.165, 1.54) is 7.11 Å². The van der Waals surface area contributed by atoms with E-state index in [9.17, 15) is 9.59 Å². The van der Waals surface area contributed by atoms with Crippen molar-refractivity contribution in [1.29, 1.82) is 0 Å². The van der Waals surface area contributed by atoms with Crippen LogP contribution >= 0.6 is 21.4 Å². The zero-order chi connectivity index (χ0) is 20.5. The Kier molecular flexibility index (Phi) is 50.6. The molecule has 0 aromatic carbocycles. The van der Waals surface area contributed by atoms with Gasteiger partial charge in [0.15, 0.2) is 0 Å². The lowest BCUT2D eigenvalue weighted by atomic mass is 10.2. The third-order valence-electron chi connectivity index (χ3n) is 2.45. The fourth-order valence-corrected chi connectivity index (χ4v) is 1.32. The van der Waals surface area contributed by atoms with Crippen molar-refractivity contribution in [3.8, 4) is 0 Å². The minimum atomic E-state index is -1.67. The molecule has 0 saturated carbocycles. The summed E-state index contributed by atoms with van der Waals surface area (Å²) in [5.41, 5.74) is 8.90. The molecule has 0 bridgehead atoms. The van der Waals surface area contributed by atoms with Gasteiger partial charge in [0.25, 0.3) is 0 Å². The fourth-order valence-electron chi connectivity index (χ4n) is 1.32. The van der Waals surface area contributed by atoms with Gasteiger partial charge in [-0.1, -0.05) is 6.42 Å². The van der Waals surface area contributed by atoms with E-state index in [0.717, 1.165) is 52.2 Å². The zero-order valence-corrected chi connectivity index (χ0v) is 18.5. The van der Waals surface area contributed by atoms with E-state index in [2.05, 4.69) is 31.8 Å². The number of hydrogen-bond donors (Lipinski definition) is 4. The van der Waals surface area contributed by atoms with E-state index in [1.54, 1.807) is 0 Å². The summed E-state index contributed by atoms with van der Waals surface area (Å²) >= 11 is 0. The van der Waals surface area contributed by atoms with Gasteiger partial charge in [0, 0.05) is 41.3 Å². The van der Waals surface area contributed by atoms with Gasteiger partial charge in [-0.3, -0.25) is 9.59 Å². The smallest absolute Gasteiger partial charge is 0.305 e. The van der Waals surface area contributed by atoms with Crippen molar-refractivity contribution >= 4 is 42.5 Å². The number of carboxylic acids is 1. The molecule has 7 N–H and O–H groups in total. The van der Waals surface area contributed by atoms with Gasteiger partial charge in [0.2, 0.25) is 9.23 Å². The molecule has 0 aliphatic carbocycles. The monoisotopic (exact) mass is 462 g/mol. The molecule has 162 valence electrons. The molecule has 8 nitrogen and oxygen atoms in total. The highest BCUT2D eigenvalue weighted by Gasteiger charge is 1.98. The number of halogens is 3. The number of carbonyl (C=O) groups excluding carboxylic acids is 1. The molecular formula is C14H33Cl3N2O6S. The highest BCUT2D eigenvalue weighted by atomic mass is 36.0. The fraction of sp³-hybridized carbons (Fsp3) is 0.857. The summed E-state index contributed by atoms with van der Waals surface area (Å²) < 4.78 is 13.6. The van der Waals surface area contributed by atoms with Crippen molar-refractivity contribution in [1.82, 2.24) is 0 Å². The first-order chi connectivity index (χ1) is 11.8. The molecule has 0 unspecified atom stereocenters. The number of aliphatic hydroxyl groups excluding tert-OH is 1. The highest BCUT2D eigenvalue weighted by molar-refractivity contribution is 8.26. The van der Waals surface area contributed by atoms with Gasteiger partial charge in [0.05, 0.1) is 13.7 Å². The molecular weight excluding hydrogens is 431 g/mol. The second-order valence-electron chi connectivity index (χ2n) is 4.42. The van der Waals surface area contributed by atoms with Gasteiger partial charge < -0.3 is 38.8 Å². The minimum Gasteiger partial charge on any atom is -1.00 e. The maximum atomic E-state index is 10.5. The van der Waals surface area contributed by atoms with Crippen molar-refractivity contribution in [2.45, 2.75) is 51.4 Å². The third kappa shape index (κ3) is 64.9. The van der Waals surface area contributed by atoms with Crippen LogP contribution in [0.5, 0.6) is 0 Å². The van der Waals surface area contributed by atoms with Crippen molar-refractivity contribution < 1.29 is 46.9 Å². The minimum absolute atomic E-state index is 0. The normalized spacial score (nSPS) is 8.46. The Morgan fingerprint density at radius 2 is 1.46 bits per heavy atom. The van der Waals surface area contributed by atoms with Crippen molar-refractivity contribution in [3.05, 3.63) is 0 Å². The number of quaternary nitrogens is 1. The molecule has 26 heavy (non-hydrogen) atoms. The number of methoxy groups -OCH3 is 1. The standard InChI is InChI=1S/C7H15NO2.C6H13NO2.CH4O.Cl2OS.ClH/c1-10-7(9)5-3-2-4-6-8;7-5-3-1-2-4-6(8)9;1-2;1-4(2)3;/h2-6,8H2,1H3;1-5,7H2,(H,8,9);2H,1H3;;1H. The molecule has 0 aliphatic heterocycles. The summed E-state index contributed by atoms with van der Waals surface area (Å²) in [6.07, 6.45) is 6.58. The Labute approximate surface area is 173 Å². The van der Waals surface area contributed by atoms with Gasteiger partial charge in [-0.25, -0.2) is 4.21 Å². The van der Waals surface area contributed by atoms with Crippen LogP contribution in [0.25, 0.3) is 0 Å². The predicted octanol–water partition coefficient (Wildman–Crippen LogP) is -1.79. The second kappa shape index (κ2) is 35.9. The molecule has 0 aromatic heterocycles. The molecule has 12 heteroatoms. The number of rotatable bonds is 10. The third-order valence-corrected chi connectivity index (χ3v) is 2.45. The molecule has 0 rings (SSSR count). The summed E-state index contributed by atoms with van der Waals surface area (Å²) in [7, 11) is 9.78. The van der Waals surface area contributed by atoms with Crippen molar-refractivity contribution in [3.63, 3.8) is 0 Å². The number of aliphatic carboxylic acids is 1.